The lowest BCUT2D eigenvalue weighted by Gasteiger charge is -2.12. The van der Waals surface area contributed by atoms with Crippen LogP contribution < -0.4 is 10.1 Å². The first kappa shape index (κ1) is 20.8. The molecule has 0 amide bonds. The fourth-order valence-electron chi connectivity index (χ4n) is 2.20. The van der Waals surface area contributed by atoms with Crippen LogP contribution in [-0.4, -0.2) is 19.8 Å². The van der Waals surface area contributed by atoms with E-state index in [1.54, 1.807) is 0 Å². The minimum absolute atomic E-state index is 0. The standard InChI is InChI=1S/C19H24ClNO2.ClH/c1-2-22-13-5-12-21-14-17-6-3-4-7-19(17)23-15-16-8-10-18(20)11-9-16;/h3-4,6-11,21H,2,5,12-15H2,1H3;1H. The van der Waals surface area contributed by atoms with Crippen LogP contribution in [0.25, 0.3) is 0 Å². The molecule has 0 atom stereocenters. The minimum Gasteiger partial charge on any atom is -0.489 e. The quantitative estimate of drug-likeness (QED) is 0.606. The number of halogens is 2. The van der Waals surface area contributed by atoms with Gasteiger partial charge in [0.1, 0.15) is 12.4 Å². The molecule has 0 aromatic heterocycles. The van der Waals surface area contributed by atoms with Crippen molar-refractivity contribution in [3.05, 3.63) is 64.7 Å². The second kappa shape index (κ2) is 12.2. The molecule has 2 aromatic rings. The van der Waals surface area contributed by atoms with Crippen molar-refractivity contribution in [2.45, 2.75) is 26.5 Å². The summed E-state index contributed by atoms with van der Waals surface area (Å²) in [6, 6.07) is 15.9. The molecule has 0 aliphatic carbocycles. The van der Waals surface area contributed by atoms with Crippen molar-refractivity contribution >= 4 is 24.0 Å². The highest BCUT2D eigenvalue weighted by Gasteiger charge is 2.03. The highest BCUT2D eigenvalue weighted by molar-refractivity contribution is 6.30. The average Bonchev–Trinajstić information content (AvgIpc) is 2.58. The van der Waals surface area contributed by atoms with Gasteiger partial charge >= 0.3 is 0 Å². The second-order valence-corrected chi connectivity index (χ2v) is 5.69. The van der Waals surface area contributed by atoms with E-state index in [-0.39, 0.29) is 12.4 Å². The molecule has 0 unspecified atom stereocenters. The maximum absolute atomic E-state index is 5.95. The molecule has 2 rings (SSSR count). The molecular weight excluding hydrogens is 345 g/mol. The first-order valence-corrected chi connectivity index (χ1v) is 8.41. The molecule has 0 spiro atoms. The van der Waals surface area contributed by atoms with Crippen LogP contribution in [0.4, 0.5) is 0 Å². The van der Waals surface area contributed by atoms with E-state index >= 15 is 0 Å². The number of hydrogen-bond donors (Lipinski definition) is 1. The van der Waals surface area contributed by atoms with Crippen molar-refractivity contribution in [1.29, 1.82) is 0 Å². The van der Waals surface area contributed by atoms with Crippen LogP contribution in [0.15, 0.2) is 48.5 Å². The number of benzene rings is 2. The second-order valence-electron chi connectivity index (χ2n) is 5.25. The van der Waals surface area contributed by atoms with Gasteiger partial charge in [-0.1, -0.05) is 41.9 Å². The number of para-hydroxylation sites is 1. The molecule has 0 radical (unpaired) electrons. The van der Waals surface area contributed by atoms with Gasteiger partial charge in [0, 0.05) is 30.3 Å². The van der Waals surface area contributed by atoms with Crippen molar-refractivity contribution in [2.75, 3.05) is 19.8 Å². The molecule has 3 nitrogen and oxygen atoms in total. The van der Waals surface area contributed by atoms with Gasteiger partial charge in [-0.2, -0.15) is 0 Å². The predicted octanol–water partition coefficient (Wildman–Crippen LogP) is 4.86. The Hall–Kier alpha value is -1.26. The SMILES string of the molecule is CCOCCCNCc1ccccc1OCc1ccc(Cl)cc1.Cl. The third kappa shape index (κ3) is 7.54. The fourth-order valence-corrected chi connectivity index (χ4v) is 2.33. The van der Waals surface area contributed by atoms with E-state index in [9.17, 15) is 0 Å². The molecule has 0 bridgehead atoms. The Morgan fingerprint density at radius 1 is 1.04 bits per heavy atom. The van der Waals surface area contributed by atoms with E-state index in [1.165, 1.54) is 0 Å². The Bertz CT molecular complexity index is 576. The molecule has 5 heteroatoms. The lowest BCUT2D eigenvalue weighted by atomic mass is 10.2. The van der Waals surface area contributed by atoms with E-state index in [1.807, 2.05) is 49.4 Å². The molecule has 0 fully saturated rings. The van der Waals surface area contributed by atoms with Crippen LogP contribution in [0.5, 0.6) is 5.75 Å². The summed E-state index contributed by atoms with van der Waals surface area (Å²) in [5.74, 6) is 0.916. The summed E-state index contributed by atoms with van der Waals surface area (Å²) >= 11 is 5.90. The molecule has 1 N–H and O–H groups in total. The van der Waals surface area contributed by atoms with Gasteiger partial charge in [0.25, 0.3) is 0 Å². The van der Waals surface area contributed by atoms with Crippen molar-refractivity contribution in [3.8, 4) is 5.75 Å². The molecule has 24 heavy (non-hydrogen) atoms. The van der Waals surface area contributed by atoms with E-state index in [2.05, 4.69) is 11.4 Å². The van der Waals surface area contributed by atoms with Gasteiger partial charge in [-0.3, -0.25) is 0 Å². The maximum atomic E-state index is 5.95. The maximum Gasteiger partial charge on any atom is 0.124 e. The zero-order valence-electron chi connectivity index (χ0n) is 14.0. The van der Waals surface area contributed by atoms with E-state index in [0.29, 0.717) is 6.61 Å². The van der Waals surface area contributed by atoms with E-state index in [0.717, 1.165) is 54.6 Å². The van der Waals surface area contributed by atoms with Crippen molar-refractivity contribution in [3.63, 3.8) is 0 Å². The summed E-state index contributed by atoms with van der Waals surface area (Å²) in [7, 11) is 0. The van der Waals surface area contributed by atoms with Crippen LogP contribution in [0.1, 0.15) is 24.5 Å². The Morgan fingerprint density at radius 2 is 1.79 bits per heavy atom. The van der Waals surface area contributed by atoms with Gasteiger partial charge in [0.15, 0.2) is 0 Å². The third-order valence-corrected chi connectivity index (χ3v) is 3.69. The Kier molecular flexibility index (Phi) is 10.5. The summed E-state index contributed by atoms with van der Waals surface area (Å²) in [5.41, 5.74) is 2.27. The van der Waals surface area contributed by atoms with Crippen molar-refractivity contribution < 1.29 is 9.47 Å². The predicted molar refractivity (Wildman–Crippen MR) is 102 cm³/mol. The van der Waals surface area contributed by atoms with Crippen LogP contribution >= 0.6 is 24.0 Å². The van der Waals surface area contributed by atoms with E-state index in [4.69, 9.17) is 21.1 Å². The van der Waals surface area contributed by atoms with Crippen molar-refractivity contribution in [1.82, 2.24) is 5.32 Å². The zero-order chi connectivity index (χ0) is 16.3. The monoisotopic (exact) mass is 369 g/mol. The van der Waals surface area contributed by atoms with Crippen molar-refractivity contribution in [2.24, 2.45) is 0 Å². The lowest BCUT2D eigenvalue weighted by molar-refractivity contribution is 0.144. The topological polar surface area (TPSA) is 30.5 Å². The molecule has 0 aliphatic heterocycles. The van der Waals surface area contributed by atoms with Gasteiger partial charge in [-0.05, 0) is 43.7 Å². The smallest absolute Gasteiger partial charge is 0.124 e. The normalized spacial score (nSPS) is 10.2. The molecule has 0 aliphatic rings. The van der Waals surface area contributed by atoms with Gasteiger partial charge in [-0.25, -0.2) is 0 Å². The molecule has 2 aromatic carbocycles. The Labute approximate surface area is 155 Å². The number of nitrogens with one attached hydrogen (secondary N) is 1. The summed E-state index contributed by atoms with van der Waals surface area (Å²) < 4.78 is 11.3. The Morgan fingerprint density at radius 3 is 2.54 bits per heavy atom. The third-order valence-electron chi connectivity index (χ3n) is 3.44. The first-order chi connectivity index (χ1) is 11.3. The Balaban J connectivity index is 0.00000288. The highest BCUT2D eigenvalue weighted by Crippen LogP contribution is 2.19. The summed E-state index contributed by atoms with van der Waals surface area (Å²) in [5, 5.41) is 4.17. The van der Waals surface area contributed by atoms with Crippen LogP contribution in [-0.2, 0) is 17.9 Å². The zero-order valence-corrected chi connectivity index (χ0v) is 15.5. The average molecular weight is 370 g/mol. The number of rotatable bonds is 10. The van der Waals surface area contributed by atoms with Crippen LogP contribution in [0, 0.1) is 0 Å². The minimum atomic E-state index is 0. The first-order valence-electron chi connectivity index (χ1n) is 8.03. The summed E-state index contributed by atoms with van der Waals surface area (Å²) in [4.78, 5) is 0. The fraction of sp³-hybridized carbons (Fsp3) is 0.368. The number of ether oxygens (including phenoxy) is 2. The van der Waals surface area contributed by atoms with Gasteiger partial charge in [-0.15, -0.1) is 12.4 Å². The molecule has 0 saturated carbocycles. The van der Waals surface area contributed by atoms with E-state index < -0.39 is 0 Å². The van der Waals surface area contributed by atoms with Gasteiger partial charge < -0.3 is 14.8 Å². The lowest BCUT2D eigenvalue weighted by Crippen LogP contribution is -2.17. The molecule has 132 valence electrons. The summed E-state index contributed by atoms with van der Waals surface area (Å²) in [6.45, 7) is 5.87. The molecule has 0 saturated heterocycles. The highest BCUT2D eigenvalue weighted by atomic mass is 35.5. The van der Waals surface area contributed by atoms with Crippen LogP contribution in [0.2, 0.25) is 5.02 Å². The summed E-state index contributed by atoms with van der Waals surface area (Å²) in [6.07, 6.45) is 1.02. The molecule has 0 heterocycles. The number of hydrogen-bond acceptors (Lipinski definition) is 3. The van der Waals surface area contributed by atoms with Gasteiger partial charge in [0.05, 0.1) is 0 Å². The van der Waals surface area contributed by atoms with Crippen LogP contribution in [0.3, 0.4) is 0 Å². The van der Waals surface area contributed by atoms with Gasteiger partial charge in [0.2, 0.25) is 0 Å². The molecular formula is C19H25Cl2NO2. The largest absolute Gasteiger partial charge is 0.489 e.